The number of hydrogen-bond donors (Lipinski definition) is 1. The number of morpholine rings is 1. The van der Waals surface area contributed by atoms with E-state index in [-0.39, 0.29) is 31.1 Å². The Morgan fingerprint density at radius 2 is 1.81 bits per heavy atom. The average Bonchev–Trinajstić information content (AvgIpc) is 3.27. The summed E-state index contributed by atoms with van der Waals surface area (Å²) in [4.78, 5) is 23.7. The molecule has 1 fully saturated rings. The van der Waals surface area contributed by atoms with Crippen molar-refractivity contribution in [1.29, 1.82) is 0 Å². The van der Waals surface area contributed by atoms with Crippen LogP contribution in [0.2, 0.25) is 0 Å². The van der Waals surface area contributed by atoms with Crippen molar-refractivity contribution >= 4 is 28.4 Å². The van der Waals surface area contributed by atoms with Gasteiger partial charge in [-0.2, -0.15) is 0 Å². The molecular weight excluding hydrogens is 476 g/mol. The van der Waals surface area contributed by atoms with Crippen molar-refractivity contribution in [2.75, 3.05) is 56.9 Å². The van der Waals surface area contributed by atoms with Crippen LogP contribution in [0.15, 0.2) is 18.3 Å². The molecule has 1 aromatic carbocycles. The Morgan fingerprint density at radius 1 is 1.14 bits per heavy atom. The fourth-order valence-corrected chi connectivity index (χ4v) is 4.88. The van der Waals surface area contributed by atoms with Crippen LogP contribution in [0.3, 0.4) is 0 Å². The highest BCUT2D eigenvalue weighted by Crippen LogP contribution is 2.42. The lowest BCUT2D eigenvalue weighted by atomic mass is 10.1. The van der Waals surface area contributed by atoms with Gasteiger partial charge in [-0.1, -0.05) is 0 Å². The van der Waals surface area contributed by atoms with Gasteiger partial charge in [-0.05, 0) is 13.0 Å². The van der Waals surface area contributed by atoms with E-state index >= 15 is 8.78 Å². The van der Waals surface area contributed by atoms with Gasteiger partial charge in [-0.3, -0.25) is 9.80 Å². The number of halogens is 2. The van der Waals surface area contributed by atoms with Gasteiger partial charge in [0.05, 0.1) is 45.4 Å². The van der Waals surface area contributed by atoms with Crippen molar-refractivity contribution < 1.29 is 32.4 Å². The van der Waals surface area contributed by atoms with Crippen LogP contribution in [-0.4, -0.2) is 67.7 Å². The summed E-state index contributed by atoms with van der Waals surface area (Å²) < 4.78 is 45.5. The number of hydrogen-bond acceptors (Lipinski definition) is 6. The number of aromatic nitrogens is 2. The summed E-state index contributed by atoms with van der Waals surface area (Å²) in [7, 11) is 2.50. The molecule has 10 nitrogen and oxygen atoms in total. The van der Waals surface area contributed by atoms with Gasteiger partial charge < -0.3 is 29.0 Å². The number of nitrogens with one attached hydrogen (secondary N) is 1. The van der Waals surface area contributed by atoms with Gasteiger partial charge in [-0.15, -0.1) is 0 Å². The molecule has 0 unspecified atom stereocenters. The molecule has 192 valence electrons. The van der Waals surface area contributed by atoms with Crippen LogP contribution >= 0.6 is 0 Å². The number of urea groups is 1. The molecule has 0 radical (unpaired) electrons. The lowest BCUT2D eigenvalue weighted by Crippen LogP contribution is -2.49. The summed E-state index contributed by atoms with van der Waals surface area (Å²) in [5.74, 6) is -2.49. The molecule has 2 aliphatic heterocycles. The number of quaternary nitrogens is 1. The maximum Gasteiger partial charge on any atom is 0.329 e. The minimum Gasteiger partial charge on any atom is -0.632 e. The first-order valence-electron chi connectivity index (χ1n) is 11.6. The molecule has 1 saturated heterocycles. The highest BCUT2D eigenvalue weighted by molar-refractivity contribution is 6.11. The molecule has 0 spiro atoms. The number of pyridine rings is 1. The Morgan fingerprint density at radius 3 is 2.42 bits per heavy atom. The van der Waals surface area contributed by atoms with Crippen molar-refractivity contribution in [1.82, 2.24) is 9.97 Å². The summed E-state index contributed by atoms with van der Waals surface area (Å²) in [6.07, 6.45) is 1.57. The zero-order chi connectivity index (χ0) is 25.6. The molecule has 2 amide bonds. The number of amides is 2. The number of methoxy groups -OCH3 is 2. The predicted molar refractivity (Wildman–Crippen MR) is 128 cm³/mol. The predicted octanol–water partition coefficient (Wildman–Crippen LogP) is 3.67. The number of carbonyl (C=O) groups excluding carboxylic acids is 1. The summed E-state index contributed by atoms with van der Waals surface area (Å²) in [5, 5.41) is 13.7. The normalized spacial score (nSPS) is 17.4. The summed E-state index contributed by atoms with van der Waals surface area (Å²) in [5.41, 5.74) is 1.88. The monoisotopic (exact) mass is 503 g/mol. The van der Waals surface area contributed by atoms with Crippen molar-refractivity contribution in [2.45, 2.75) is 20.0 Å². The van der Waals surface area contributed by atoms with Crippen molar-refractivity contribution in [3.63, 3.8) is 0 Å². The molecule has 4 heterocycles. The van der Waals surface area contributed by atoms with E-state index in [9.17, 15) is 10.0 Å². The van der Waals surface area contributed by atoms with Gasteiger partial charge in [0.2, 0.25) is 0 Å². The quantitative estimate of drug-likeness (QED) is 0.407. The lowest BCUT2D eigenvalue weighted by Gasteiger charge is -2.44. The Bertz CT molecular complexity index is 1300. The van der Waals surface area contributed by atoms with E-state index < -0.39 is 28.0 Å². The molecule has 2 aliphatic rings. The van der Waals surface area contributed by atoms with Crippen molar-refractivity contribution in [3.05, 3.63) is 46.4 Å². The van der Waals surface area contributed by atoms with Crippen molar-refractivity contribution in [2.24, 2.45) is 0 Å². The minimum absolute atomic E-state index is 0.114. The lowest BCUT2D eigenvalue weighted by molar-refractivity contribution is -0.901. The van der Waals surface area contributed by atoms with Crippen LogP contribution in [0.4, 0.5) is 25.0 Å². The number of rotatable bonds is 6. The van der Waals surface area contributed by atoms with E-state index in [1.54, 1.807) is 13.1 Å². The second-order valence-electron chi connectivity index (χ2n) is 8.84. The maximum absolute atomic E-state index is 15.2. The van der Waals surface area contributed by atoms with Gasteiger partial charge in [0, 0.05) is 29.8 Å². The van der Waals surface area contributed by atoms with Crippen LogP contribution < -0.4 is 19.3 Å². The molecule has 2 aromatic heterocycles. The van der Waals surface area contributed by atoms with Gasteiger partial charge in [0.1, 0.15) is 31.0 Å². The third kappa shape index (κ3) is 3.91. The topological polar surface area (TPSA) is 103 Å². The van der Waals surface area contributed by atoms with Gasteiger partial charge in [-0.25, -0.2) is 18.6 Å². The fraction of sp³-hybridized carbons (Fsp3) is 0.417. The van der Waals surface area contributed by atoms with E-state index in [1.807, 2.05) is 6.07 Å². The summed E-state index contributed by atoms with van der Waals surface area (Å²) in [6, 6.07) is 2.32. The first kappa shape index (κ1) is 24.2. The second-order valence-corrected chi connectivity index (χ2v) is 8.84. The van der Waals surface area contributed by atoms with E-state index in [4.69, 9.17) is 14.2 Å². The first-order chi connectivity index (χ1) is 17.3. The Balaban J connectivity index is 1.58. The number of H-pyrrole nitrogens is 1. The largest absolute Gasteiger partial charge is 0.632 e. The molecule has 12 heteroatoms. The number of aromatic amines is 1. The molecule has 0 saturated carbocycles. The first-order valence-corrected chi connectivity index (χ1v) is 11.6. The van der Waals surface area contributed by atoms with Gasteiger partial charge in [0.15, 0.2) is 23.1 Å². The SMILES string of the molecule is CCN1C(=O)N(c2c(F)c(OC)cc(OC)c2F)Cc2cnc3[nH]c(C[N+]4([O-])CCOCC4)cc3c21. The number of nitrogens with zero attached hydrogens (tertiary/aromatic N) is 4. The number of hydroxylamine groups is 3. The Hall–Kier alpha value is -3.48. The smallest absolute Gasteiger partial charge is 0.329 e. The van der Waals surface area contributed by atoms with Crippen LogP contribution in [0.25, 0.3) is 11.0 Å². The molecule has 0 bridgehead atoms. The van der Waals surface area contributed by atoms with Crippen LogP contribution in [0, 0.1) is 16.8 Å². The molecule has 1 N–H and O–H groups in total. The average molecular weight is 504 g/mol. The van der Waals surface area contributed by atoms with Crippen LogP contribution in [0.1, 0.15) is 18.2 Å². The van der Waals surface area contributed by atoms with Gasteiger partial charge in [0.25, 0.3) is 0 Å². The highest BCUT2D eigenvalue weighted by atomic mass is 19.1. The number of benzene rings is 1. The highest BCUT2D eigenvalue weighted by Gasteiger charge is 2.37. The number of carbonyl (C=O) groups is 1. The summed E-state index contributed by atoms with van der Waals surface area (Å²) >= 11 is 0. The second kappa shape index (κ2) is 9.19. The zero-order valence-electron chi connectivity index (χ0n) is 20.3. The molecule has 5 rings (SSSR count). The van der Waals surface area contributed by atoms with Gasteiger partial charge >= 0.3 is 6.03 Å². The third-order valence-corrected chi connectivity index (χ3v) is 6.70. The Kier molecular flexibility index (Phi) is 6.18. The Labute approximate surface area is 206 Å². The molecule has 0 atom stereocenters. The van der Waals surface area contributed by atoms with Crippen LogP contribution in [0.5, 0.6) is 11.5 Å². The zero-order valence-corrected chi connectivity index (χ0v) is 20.3. The number of ether oxygens (including phenoxy) is 3. The molecular formula is C24H27F2N5O5. The van der Waals surface area contributed by atoms with Crippen molar-refractivity contribution in [3.8, 4) is 11.5 Å². The number of fused-ring (bicyclic) bond motifs is 3. The molecule has 36 heavy (non-hydrogen) atoms. The minimum atomic E-state index is -1.00. The van der Waals surface area contributed by atoms with E-state index in [2.05, 4.69) is 9.97 Å². The third-order valence-electron chi connectivity index (χ3n) is 6.70. The molecule has 3 aromatic rings. The number of anilines is 2. The molecule has 0 aliphatic carbocycles. The van der Waals surface area contributed by atoms with E-state index in [1.165, 1.54) is 19.1 Å². The van der Waals surface area contributed by atoms with Crippen LogP contribution in [-0.2, 0) is 17.8 Å². The van der Waals surface area contributed by atoms with E-state index in [0.717, 1.165) is 11.0 Å². The summed E-state index contributed by atoms with van der Waals surface area (Å²) in [6.45, 7) is 3.66. The maximum atomic E-state index is 15.2. The standard InChI is InChI=1S/C24H27F2N5O5/c1-4-29-21-14(11-27-23-16(21)9-15(28-23)13-31(33)5-7-36-8-6-31)12-30(24(29)32)22-19(25)17(34-2)10-18(35-3)20(22)26/h9-11H,4-8,12-13H2,1-3H3,(H,27,28). The van der Waals surface area contributed by atoms with E-state index in [0.29, 0.717) is 54.3 Å². The fourth-order valence-electron chi connectivity index (χ4n) is 4.88.